The minimum absolute atomic E-state index is 0.462. The van der Waals surface area contributed by atoms with Crippen LogP contribution in [0.4, 0.5) is 0 Å². The summed E-state index contributed by atoms with van der Waals surface area (Å²) in [7, 11) is 0. The molecule has 0 radical (unpaired) electrons. The van der Waals surface area contributed by atoms with Crippen LogP contribution >= 0.6 is 0 Å². The highest BCUT2D eigenvalue weighted by Gasteiger charge is 2.49. The van der Waals surface area contributed by atoms with Gasteiger partial charge < -0.3 is 5.11 Å². The molecule has 1 aromatic rings. The average Bonchev–Trinajstić information content (AvgIpc) is 2.49. The summed E-state index contributed by atoms with van der Waals surface area (Å²) in [4.78, 5) is 14.4. The second kappa shape index (κ2) is 5.21. The first kappa shape index (κ1) is 13.6. The number of rotatable bonds is 2. The molecule has 0 saturated carbocycles. The summed E-state index contributed by atoms with van der Waals surface area (Å²) in [5, 5.41) is 10.0. The van der Waals surface area contributed by atoms with Crippen molar-refractivity contribution in [1.82, 2.24) is 4.90 Å². The normalized spacial score (nSPS) is 30.8. The van der Waals surface area contributed by atoms with E-state index in [2.05, 4.69) is 17.9 Å². The van der Waals surface area contributed by atoms with Gasteiger partial charge in [-0.2, -0.15) is 0 Å². The van der Waals surface area contributed by atoms with E-state index in [9.17, 15) is 9.90 Å². The maximum atomic E-state index is 12.2. The van der Waals surface area contributed by atoms with Crippen LogP contribution in [0.2, 0.25) is 0 Å². The van der Waals surface area contributed by atoms with E-state index in [-0.39, 0.29) is 0 Å². The van der Waals surface area contributed by atoms with Crippen molar-refractivity contribution in [2.75, 3.05) is 13.1 Å². The standard InChI is InChI=1S/C17H23NO2/c1-13-9-10-17(16(19)20,18-11-5-2-6-12-18)15-8-4-3-7-14(13)15/h3-4,7-8,13H,2,5-6,9-12H2,1H3,(H,19,20). The van der Waals surface area contributed by atoms with Crippen LogP contribution in [0.3, 0.4) is 0 Å². The molecule has 2 aliphatic rings. The molecule has 3 rings (SSSR count). The van der Waals surface area contributed by atoms with Gasteiger partial charge in [0.25, 0.3) is 0 Å². The highest BCUT2D eigenvalue weighted by Crippen LogP contribution is 2.45. The quantitative estimate of drug-likeness (QED) is 0.898. The number of hydrogen-bond donors (Lipinski definition) is 1. The predicted molar refractivity (Wildman–Crippen MR) is 78.8 cm³/mol. The fourth-order valence-electron chi connectivity index (χ4n) is 3.98. The van der Waals surface area contributed by atoms with Gasteiger partial charge in [0, 0.05) is 0 Å². The maximum absolute atomic E-state index is 12.2. The third-order valence-electron chi connectivity index (χ3n) is 5.13. The maximum Gasteiger partial charge on any atom is 0.328 e. The molecular formula is C17H23NO2. The molecule has 1 aliphatic carbocycles. The summed E-state index contributed by atoms with van der Waals surface area (Å²) in [6.07, 6.45) is 5.16. The molecule has 108 valence electrons. The van der Waals surface area contributed by atoms with Crippen molar-refractivity contribution < 1.29 is 9.90 Å². The number of aliphatic carboxylic acids is 1. The minimum atomic E-state index is -0.788. The molecule has 1 saturated heterocycles. The Balaban J connectivity index is 2.11. The third-order valence-corrected chi connectivity index (χ3v) is 5.13. The molecule has 1 aliphatic heterocycles. The molecule has 0 spiro atoms. The van der Waals surface area contributed by atoms with E-state index in [4.69, 9.17) is 0 Å². The molecule has 3 heteroatoms. The van der Waals surface area contributed by atoms with E-state index in [1.807, 2.05) is 18.2 Å². The summed E-state index contributed by atoms with van der Waals surface area (Å²) in [5.41, 5.74) is 1.48. The van der Waals surface area contributed by atoms with E-state index < -0.39 is 11.5 Å². The van der Waals surface area contributed by atoms with Crippen molar-refractivity contribution in [3.05, 3.63) is 35.4 Å². The van der Waals surface area contributed by atoms with Crippen molar-refractivity contribution in [2.24, 2.45) is 0 Å². The molecule has 0 amide bonds. The van der Waals surface area contributed by atoms with Crippen molar-refractivity contribution >= 4 is 5.97 Å². The lowest BCUT2D eigenvalue weighted by atomic mass is 9.71. The van der Waals surface area contributed by atoms with Gasteiger partial charge in [0.05, 0.1) is 0 Å². The van der Waals surface area contributed by atoms with Crippen LogP contribution in [-0.4, -0.2) is 29.1 Å². The zero-order chi connectivity index (χ0) is 14.2. The van der Waals surface area contributed by atoms with Crippen LogP contribution in [0.25, 0.3) is 0 Å². The molecule has 2 atom stereocenters. The second-order valence-electron chi connectivity index (χ2n) is 6.24. The molecule has 0 aromatic heterocycles. The Labute approximate surface area is 120 Å². The second-order valence-corrected chi connectivity index (χ2v) is 6.24. The summed E-state index contributed by atoms with van der Waals surface area (Å²) in [6, 6.07) is 8.16. The number of piperidine rings is 1. The SMILES string of the molecule is CC1CCC(C(=O)O)(N2CCCCC2)c2ccccc21. The highest BCUT2D eigenvalue weighted by atomic mass is 16.4. The molecule has 0 bridgehead atoms. The van der Waals surface area contributed by atoms with Gasteiger partial charge in [0.2, 0.25) is 0 Å². The number of fused-ring (bicyclic) bond motifs is 1. The largest absolute Gasteiger partial charge is 0.480 e. The van der Waals surface area contributed by atoms with Gasteiger partial charge in [-0.3, -0.25) is 4.90 Å². The van der Waals surface area contributed by atoms with Crippen LogP contribution < -0.4 is 0 Å². The summed E-state index contributed by atoms with van der Waals surface area (Å²) in [6.45, 7) is 4.03. The molecule has 3 nitrogen and oxygen atoms in total. The smallest absolute Gasteiger partial charge is 0.328 e. The van der Waals surface area contributed by atoms with Crippen LogP contribution in [-0.2, 0) is 10.3 Å². The van der Waals surface area contributed by atoms with Crippen molar-refractivity contribution in [1.29, 1.82) is 0 Å². The fraction of sp³-hybridized carbons (Fsp3) is 0.588. The lowest BCUT2D eigenvalue weighted by molar-refractivity contribution is -0.155. The minimum Gasteiger partial charge on any atom is -0.480 e. The van der Waals surface area contributed by atoms with Crippen LogP contribution in [0, 0.1) is 0 Å². The summed E-state index contributed by atoms with van der Waals surface area (Å²) in [5.74, 6) is -0.206. The number of nitrogens with zero attached hydrogens (tertiary/aromatic N) is 1. The lowest BCUT2D eigenvalue weighted by Crippen LogP contribution is -2.55. The number of carboxylic acid groups (broad SMARTS) is 1. The van der Waals surface area contributed by atoms with E-state index in [1.54, 1.807) is 0 Å². The summed E-state index contributed by atoms with van der Waals surface area (Å²) >= 11 is 0. The van der Waals surface area contributed by atoms with Gasteiger partial charge in [-0.1, -0.05) is 37.6 Å². The first-order valence-corrected chi connectivity index (χ1v) is 7.74. The Morgan fingerprint density at radius 2 is 1.95 bits per heavy atom. The van der Waals surface area contributed by atoms with Crippen LogP contribution in [0.1, 0.15) is 56.1 Å². The topological polar surface area (TPSA) is 40.5 Å². The van der Waals surface area contributed by atoms with Gasteiger partial charge in [0.15, 0.2) is 0 Å². The van der Waals surface area contributed by atoms with Crippen LogP contribution in [0.5, 0.6) is 0 Å². The fourth-order valence-corrected chi connectivity index (χ4v) is 3.98. The van der Waals surface area contributed by atoms with Gasteiger partial charge in [-0.25, -0.2) is 4.79 Å². The van der Waals surface area contributed by atoms with E-state index in [0.717, 1.165) is 44.3 Å². The van der Waals surface area contributed by atoms with E-state index in [0.29, 0.717) is 5.92 Å². The number of carbonyl (C=O) groups is 1. The highest BCUT2D eigenvalue weighted by molar-refractivity contribution is 5.82. The summed E-state index contributed by atoms with van der Waals surface area (Å²) < 4.78 is 0. The number of likely N-dealkylation sites (tertiary alicyclic amines) is 1. The Morgan fingerprint density at radius 3 is 2.65 bits per heavy atom. The Kier molecular flexibility index (Phi) is 3.55. The van der Waals surface area contributed by atoms with Gasteiger partial charge in [-0.05, 0) is 55.8 Å². The number of hydrogen-bond acceptors (Lipinski definition) is 2. The van der Waals surface area contributed by atoms with Crippen molar-refractivity contribution in [3.8, 4) is 0 Å². The van der Waals surface area contributed by atoms with E-state index in [1.165, 1.54) is 12.0 Å². The third kappa shape index (κ3) is 1.96. The van der Waals surface area contributed by atoms with Crippen molar-refractivity contribution in [2.45, 2.75) is 50.5 Å². The van der Waals surface area contributed by atoms with Gasteiger partial charge in [-0.15, -0.1) is 0 Å². The van der Waals surface area contributed by atoms with Crippen molar-refractivity contribution in [3.63, 3.8) is 0 Å². The monoisotopic (exact) mass is 273 g/mol. The molecule has 1 fully saturated rings. The molecule has 20 heavy (non-hydrogen) atoms. The van der Waals surface area contributed by atoms with Gasteiger partial charge >= 0.3 is 5.97 Å². The van der Waals surface area contributed by atoms with E-state index >= 15 is 0 Å². The molecule has 1 heterocycles. The number of benzene rings is 1. The Bertz CT molecular complexity index is 507. The Morgan fingerprint density at radius 1 is 1.25 bits per heavy atom. The molecule has 2 unspecified atom stereocenters. The molecule has 1 aromatic carbocycles. The Hall–Kier alpha value is -1.35. The first-order valence-electron chi connectivity index (χ1n) is 7.74. The predicted octanol–water partition coefficient (Wildman–Crippen LogP) is 3.35. The molecule has 1 N–H and O–H groups in total. The average molecular weight is 273 g/mol. The number of carboxylic acids is 1. The molecular weight excluding hydrogens is 250 g/mol. The van der Waals surface area contributed by atoms with Gasteiger partial charge in [0.1, 0.15) is 5.54 Å². The zero-order valence-electron chi connectivity index (χ0n) is 12.1. The lowest BCUT2D eigenvalue weighted by Gasteiger charge is -2.47. The zero-order valence-corrected chi connectivity index (χ0v) is 12.1. The first-order chi connectivity index (χ1) is 9.66. The van der Waals surface area contributed by atoms with Crippen LogP contribution in [0.15, 0.2) is 24.3 Å².